The van der Waals surface area contributed by atoms with Gasteiger partial charge in [-0.3, -0.25) is 18.8 Å². The van der Waals surface area contributed by atoms with Crippen molar-refractivity contribution in [1.29, 1.82) is 0 Å². The molecule has 0 saturated carbocycles. The highest BCUT2D eigenvalue weighted by Gasteiger charge is 2.31. The van der Waals surface area contributed by atoms with Crippen molar-refractivity contribution in [3.8, 4) is 5.75 Å². The van der Waals surface area contributed by atoms with Crippen LogP contribution in [0.3, 0.4) is 0 Å². The number of benzene rings is 1. The third-order valence-electron chi connectivity index (χ3n) is 5.34. The molecule has 0 aliphatic heterocycles. The molecule has 0 aliphatic carbocycles. The first-order valence-corrected chi connectivity index (χ1v) is 10.4. The number of aromatic nitrogens is 5. The zero-order valence-corrected chi connectivity index (χ0v) is 18.8. The highest BCUT2D eigenvalue weighted by Crippen LogP contribution is 2.36. The number of nitrogens with one attached hydrogen (secondary N) is 1. The molecule has 4 rings (SSSR count). The molecule has 170 valence electrons. The molecule has 0 radical (unpaired) electrons. The van der Waals surface area contributed by atoms with Gasteiger partial charge in [-0.15, -0.1) is 0 Å². The maximum atomic E-state index is 12.8. The van der Waals surface area contributed by atoms with E-state index in [1.54, 1.807) is 10.7 Å². The molecule has 0 fully saturated rings. The van der Waals surface area contributed by atoms with Crippen molar-refractivity contribution < 1.29 is 14.4 Å². The molecule has 2 atom stereocenters. The average molecular weight is 469 g/mol. The van der Waals surface area contributed by atoms with Crippen molar-refractivity contribution in [3.05, 3.63) is 87.1 Å². The number of rotatable bonds is 6. The number of hydrogen-bond donors (Lipinski definition) is 2. The van der Waals surface area contributed by atoms with Gasteiger partial charge in [0.05, 0.1) is 17.9 Å². The topological polar surface area (TPSA) is 128 Å². The molecule has 4 aromatic rings. The van der Waals surface area contributed by atoms with E-state index >= 15 is 0 Å². The number of anilines is 1. The summed E-state index contributed by atoms with van der Waals surface area (Å²) in [5.74, 6) is -1.73. The molecule has 0 spiro atoms. The summed E-state index contributed by atoms with van der Waals surface area (Å²) in [5.41, 5.74) is 0.679. The van der Waals surface area contributed by atoms with Crippen LogP contribution >= 0.6 is 11.6 Å². The molecular weight excluding hydrogens is 448 g/mol. The van der Waals surface area contributed by atoms with Gasteiger partial charge < -0.3 is 14.9 Å². The van der Waals surface area contributed by atoms with Crippen molar-refractivity contribution in [2.45, 2.75) is 25.8 Å². The Labute approximate surface area is 193 Å². The summed E-state index contributed by atoms with van der Waals surface area (Å²) in [7, 11) is 1.49. The summed E-state index contributed by atoms with van der Waals surface area (Å²) in [6.07, 6.45) is 4.32. The number of carbonyl (C=O) groups is 1. The van der Waals surface area contributed by atoms with E-state index < -0.39 is 34.9 Å². The standard InChI is InChI=1S/C22H21ClN6O4/c1-12-8-9-29(27-12)18(15-6-4-5-7-16(15)23)13(2)20-26-17(19(30)22(32)28(20)3)21(31)25-14-10-24-33-11-14/h4-11,13,18,30H,1-3H3,(H,25,31)/t13-,18-/m1/s1. The van der Waals surface area contributed by atoms with Crippen molar-refractivity contribution in [2.75, 3.05) is 5.32 Å². The summed E-state index contributed by atoms with van der Waals surface area (Å²) in [6, 6.07) is 8.75. The third kappa shape index (κ3) is 4.24. The largest absolute Gasteiger partial charge is 0.501 e. The molecule has 10 nitrogen and oxygen atoms in total. The Hall–Kier alpha value is -3.92. The Kier molecular flexibility index (Phi) is 6.01. The van der Waals surface area contributed by atoms with Gasteiger partial charge in [0.1, 0.15) is 17.8 Å². The lowest BCUT2D eigenvalue weighted by Gasteiger charge is -2.27. The second-order valence-corrected chi connectivity index (χ2v) is 8.00. The normalized spacial score (nSPS) is 13.0. The van der Waals surface area contributed by atoms with E-state index in [4.69, 9.17) is 16.1 Å². The van der Waals surface area contributed by atoms with E-state index in [1.807, 2.05) is 44.3 Å². The van der Waals surface area contributed by atoms with E-state index in [1.165, 1.54) is 24.1 Å². The van der Waals surface area contributed by atoms with E-state index in [0.29, 0.717) is 5.02 Å². The second-order valence-electron chi connectivity index (χ2n) is 7.59. The van der Waals surface area contributed by atoms with Gasteiger partial charge in [0.2, 0.25) is 5.75 Å². The number of aromatic hydroxyl groups is 1. The van der Waals surface area contributed by atoms with E-state index in [-0.39, 0.29) is 11.5 Å². The van der Waals surface area contributed by atoms with Crippen LogP contribution in [0.2, 0.25) is 5.02 Å². The number of aryl methyl sites for hydroxylation is 1. The molecule has 0 unspecified atom stereocenters. The second kappa shape index (κ2) is 8.91. The zero-order chi connectivity index (χ0) is 23.7. The van der Waals surface area contributed by atoms with Crippen LogP contribution in [0.25, 0.3) is 0 Å². The fourth-order valence-corrected chi connectivity index (χ4v) is 3.96. The first-order chi connectivity index (χ1) is 15.8. The summed E-state index contributed by atoms with van der Waals surface area (Å²) >= 11 is 6.52. The van der Waals surface area contributed by atoms with Gasteiger partial charge in [0.15, 0.2) is 5.69 Å². The van der Waals surface area contributed by atoms with Gasteiger partial charge in [-0.05, 0) is 24.6 Å². The van der Waals surface area contributed by atoms with E-state index in [2.05, 4.69) is 20.6 Å². The van der Waals surface area contributed by atoms with Crippen LogP contribution in [-0.2, 0) is 7.05 Å². The minimum absolute atomic E-state index is 0.262. The van der Waals surface area contributed by atoms with Crippen LogP contribution in [0.5, 0.6) is 5.75 Å². The average Bonchev–Trinajstić information content (AvgIpc) is 3.45. The molecule has 0 bridgehead atoms. The molecule has 33 heavy (non-hydrogen) atoms. The molecule has 1 amide bonds. The van der Waals surface area contributed by atoms with Gasteiger partial charge in [-0.1, -0.05) is 41.9 Å². The quantitative estimate of drug-likeness (QED) is 0.444. The zero-order valence-electron chi connectivity index (χ0n) is 18.1. The van der Waals surface area contributed by atoms with E-state index in [9.17, 15) is 14.7 Å². The number of nitrogens with zero attached hydrogens (tertiary/aromatic N) is 5. The summed E-state index contributed by atoms with van der Waals surface area (Å²) in [5, 5.41) is 21.4. The number of halogens is 1. The maximum absolute atomic E-state index is 12.8. The smallest absolute Gasteiger partial charge is 0.296 e. The number of carbonyl (C=O) groups excluding carboxylic acids is 1. The van der Waals surface area contributed by atoms with E-state index in [0.717, 1.165) is 11.3 Å². The molecule has 3 heterocycles. The Morgan fingerprint density at radius 2 is 2.03 bits per heavy atom. The summed E-state index contributed by atoms with van der Waals surface area (Å²) in [4.78, 5) is 29.9. The monoisotopic (exact) mass is 468 g/mol. The lowest BCUT2D eigenvalue weighted by Crippen LogP contribution is -2.30. The van der Waals surface area contributed by atoms with Gasteiger partial charge in [-0.2, -0.15) is 5.10 Å². The van der Waals surface area contributed by atoms with Crippen molar-refractivity contribution in [3.63, 3.8) is 0 Å². The number of hydrogen-bond acceptors (Lipinski definition) is 7. The van der Waals surface area contributed by atoms with Gasteiger partial charge in [-0.25, -0.2) is 4.98 Å². The Morgan fingerprint density at radius 3 is 2.67 bits per heavy atom. The minimum atomic E-state index is -0.772. The fraction of sp³-hybridized carbons (Fsp3) is 0.227. The van der Waals surface area contributed by atoms with Crippen molar-refractivity contribution in [1.82, 2.24) is 24.5 Å². The molecule has 11 heteroatoms. The highest BCUT2D eigenvalue weighted by molar-refractivity contribution is 6.31. The molecule has 0 aliphatic rings. The predicted molar refractivity (Wildman–Crippen MR) is 121 cm³/mol. The molecule has 2 N–H and O–H groups in total. The van der Waals surface area contributed by atoms with Crippen molar-refractivity contribution >= 4 is 23.2 Å². The van der Waals surface area contributed by atoms with Crippen LogP contribution in [0.15, 0.2) is 58.3 Å². The first kappa shape index (κ1) is 22.3. The van der Waals surface area contributed by atoms with Crippen LogP contribution in [0, 0.1) is 6.92 Å². The Balaban J connectivity index is 1.83. The third-order valence-corrected chi connectivity index (χ3v) is 5.68. The Morgan fingerprint density at radius 1 is 1.27 bits per heavy atom. The van der Waals surface area contributed by atoms with Crippen LogP contribution in [-0.4, -0.2) is 35.5 Å². The molecule has 1 aromatic carbocycles. The number of amides is 1. The van der Waals surface area contributed by atoms with Crippen molar-refractivity contribution in [2.24, 2.45) is 7.05 Å². The summed E-state index contributed by atoms with van der Waals surface area (Å²) in [6.45, 7) is 3.72. The molecular formula is C22H21ClN6O4. The van der Waals surface area contributed by atoms with Gasteiger partial charge in [0.25, 0.3) is 11.5 Å². The highest BCUT2D eigenvalue weighted by atomic mass is 35.5. The lowest BCUT2D eigenvalue weighted by molar-refractivity contribution is 0.101. The van der Waals surface area contributed by atoms with Crippen LogP contribution in [0.1, 0.15) is 46.5 Å². The minimum Gasteiger partial charge on any atom is -0.501 e. The Bertz CT molecular complexity index is 1360. The van der Waals surface area contributed by atoms with Gasteiger partial charge >= 0.3 is 0 Å². The maximum Gasteiger partial charge on any atom is 0.296 e. The fourth-order valence-electron chi connectivity index (χ4n) is 3.71. The lowest BCUT2D eigenvalue weighted by atomic mass is 9.93. The predicted octanol–water partition coefficient (Wildman–Crippen LogP) is 3.28. The first-order valence-electron chi connectivity index (χ1n) is 10.0. The SMILES string of the molecule is Cc1ccn([C@@H](c2ccccc2Cl)[C@@H](C)c2nc(C(=O)Nc3cnoc3)c(O)c(=O)n2C)n1. The van der Waals surface area contributed by atoms with Crippen LogP contribution < -0.4 is 10.9 Å². The van der Waals surface area contributed by atoms with Gasteiger partial charge in [0, 0.05) is 24.2 Å². The molecule has 0 saturated heterocycles. The summed E-state index contributed by atoms with van der Waals surface area (Å²) < 4.78 is 7.66. The van der Waals surface area contributed by atoms with Crippen LogP contribution in [0.4, 0.5) is 5.69 Å². The molecule has 3 aromatic heterocycles.